The Hall–Kier alpha value is -5.94. The van der Waals surface area contributed by atoms with Crippen LogP contribution in [0.15, 0.2) is 182 Å². The zero-order chi connectivity index (χ0) is 101. The number of hydrogen-bond donors (Lipinski definition) is 0. The standard InChI is InChI=1S/C48H66S4.C44H58S4.C40H50S4/c1-5-7-9-11-13-15-17-19-21-23-25-40-35-38(4)49-47(40)44-33-31-42(50-44)43-32-34-45(51-43)48-41(26-24-22-20-18-16-14-12-10-8-6-2)36-46(52-48)39-29-27-37(3)28-30-39;1-5-7-9-11-13-15-17-19-21-36-31-34(4)45-43(36)40-29-27-38(46-40)39-28-30-41(47-39)44-37(22-20-18-16-14-12-10-8-6-2)32-42(48-44)35-25-23-33(3)24-26-35;1-5-7-9-11-13-15-17-32-27-30(4)41-39(32)36-25-23-34(42-36)35-24-26-37(43-35)40-33(18-16-14-12-10-8-6-2)28-38(44-40)31-21-19-29(3)20-22-31/h27-36H,5-26H2,1-4H3;23-32H,5-22H2,1-4H3;19-28H,5-18H2,1-4H3. The topological polar surface area (TPSA) is 0 Å². The van der Waals surface area contributed by atoms with Gasteiger partial charge in [0.2, 0.25) is 0 Å². The van der Waals surface area contributed by atoms with E-state index in [4.69, 9.17) is 0 Å². The van der Waals surface area contributed by atoms with Crippen molar-refractivity contribution in [3.8, 4) is 119 Å². The summed E-state index contributed by atoms with van der Waals surface area (Å²) in [7, 11) is 0. The second kappa shape index (κ2) is 64.7. The minimum absolute atomic E-state index is 1.18. The molecule has 12 heterocycles. The maximum Gasteiger partial charge on any atom is 0.0481 e. The molecule has 3 aromatic carbocycles. The Labute approximate surface area is 922 Å². The Morgan fingerprint density at radius 1 is 0.132 bits per heavy atom. The molecular formula is C132H174S12. The molecule has 774 valence electrons. The fourth-order valence-electron chi connectivity index (χ4n) is 20.2. The third kappa shape index (κ3) is 37.3. The van der Waals surface area contributed by atoms with Crippen molar-refractivity contribution in [2.75, 3.05) is 0 Å². The summed E-state index contributed by atoms with van der Waals surface area (Å²) >= 11 is 23.9. The van der Waals surface area contributed by atoms with Gasteiger partial charge in [0, 0.05) is 117 Å². The van der Waals surface area contributed by atoms with Crippen molar-refractivity contribution in [1.29, 1.82) is 0 Å². The predicted molar refractivity (Wildman–Crippen MR) is 665 cm³/mol. The first kappa shape index (κ1) is 115. The molecule has 0 nitrogen and oxygen atoms in total. The van der Waals surface area contributed by atoms with E-state index in [-0.39, 0.29) is 0 Å². The normalized spacial score (nSPS) is 11.6. The first-order valence-corrected chi connectivity index (χ1v) is 67.0. The number of thiophene rings is 12. The molecule has 0 aliphatic rings. The van der Waals surface area contributed by atoms with Crippen molar-refractivity contribution in [3.05, 3.63) is 247 Å². The van der Waals surface area contributed by atoms with Gasteiger partial charge >= 0.3 is 0 Å². The van der Waals surface area contributed by atoms with E-state index in [0.717, 1.165) is 0 Å². The second-order valence-corrected chi connectivity index (χ2v) is 54.9. The van der Waals surface area contributed by atoms with Crippen LogP contribution in [0.5, 0.6) is 0 Å². The van der Waals surface area contributed by atoms with E-state index >= 15 is 0 Å². The van der Waals surface area contributed by atoms with E-state index in [1.165, 1.54) is 503 Å². The third-order valence-electron chi connectivity index (χ3n) is 28.7. The molecule has 0 spiro atoms. The fourth-order valence-corrected chi connectivity index (χ4v) is 34.2. The van der Waals surface area contributed by atoms with Crippen molar-refractivity contribution < 1.29 is 0 Å². The third-order valence-corrected chi connectivity index (χ3v) is 43.9. The Bertz CT molecular complexity index is 6030. The van der Waals surface area contributed by atoms with E-state index in [1.54, 1.807) is 27.8 Å². The summed E-state index contributed by atoms with van der Waals surface area (Å²) in [5, 5.41) is 0. The molecule has 15 aromatic rings. The van der Waals surface area contributed by atoms with E-state index in [1.807, 2.05) is 136 Å². The Morgan fingerprint density at radius 3 is 0.451 bits per heavy atom. The Balaban J connectivity index is 0.000000182. The maximum absolute atomic E-state index is 2.51. The number of aryl methyl sites for hydroxylation is 12. The van der Waals surface area contributed by atoms with Gasteiger partial charge in [0.1, 0.15) is 0 Å². The van der Waals surface area contributed by atoms with Crippen LogP contribution in [0.25, 0.3) is 119 Å². The average Bonchev–Trinajstić information content (AvgIpc) is 1.64. The van der Waals surface area contributed by atoms with Crippen LogP contribution in [0.4, 0.5) is 0 Å². The molecule has 0 amide bonds. The Morgan fingerprint density at radius 2 is 0.278 bits per heavy atom. The summed E-state index contributed by atoms with van der Waals surface area (Å²) in [6, 6.07) is 70.7. The molecule has 0 bridgehead atoms. The summed E-state index contributed by atoms with van der Waals surface area (Å²) in [5.41, 5.74) is 17.3. The van der Waals surface area contributed by atoms with Gasteiger partial charge in [0.25, 0.3) is 0 Å². The monoisotopic (exact) mass is 2140 g/mol. The summed E-state index contributed by atoms with van der Waals surface area (Å²) in [6.45, 7) is 27.2. The first-order chi connectivity index (χ1) is 70.7. The van der Waals surface area contributed by atoms with Gasteiger partial charge in [-0.25, -0.2) is 0 Å². The fraction of sp³-hybridized carbons (Fsp3) is 0.500. The minimum Gasteiger partial charge on any atom is -0.139 e. The van der Waals surface area contributed by atoms with Crippen LogP contribution in [0.3, 0.4) is 0 Å². The van der Waals surface area contributed by atoms with Crippen molar-refractivity contribution in [1.82, 2.24) is 0 Å². The molecule has 0 saturated heterocycles. The molecule has 12 heteroatoms. The molecular weight excluding hydrogens is 1970 g/mol. The molecule has 0 aliphatic heterocycles. The van der Waals surface area contributed by atoms with Crippen LogP contribution in [0.1, 0.15) is 414 Å². The summed E-state index contributed by atoms with van der Waals surface area (Å²) in [5.74, 6) is 0. The van der Waals surface area contributed by atoms with E-state index in [2.05, 4.69) is 265 Å². The van der Waals surface area contributed by atoms with Gasteiger partial charge in [0.05, 0.1) is 0 Å². The molecule has 12 aromatic heterocycles. The zero-order valence-electron chi connectivity index (χ0n) is 90.4. The lowest BCUT2D eigenvalue weighted by Gasteiger charge is -2.04. The smallest absolute Gasteiger partial charge is 0.0481 e. The van der Waals surface area contributed by atoms with Crippen LogP contribution in [-0.4, -0.2) is 0 Å². The highest BCUT2D eigenvalue weighted by molar-refractivity contribution is 7.31. The lowest BCUT2D eigenvalue weighted by Crippen LogP contribution is -1.86. The summed E-state index contributed by atoms with van der Waals surface area (Å²) in [6.07, 6.45) is 73.2. The van der Waals surface area contributed by atoms with Crippen molar-refractivity contribution in [2.24, 2.45) is 0 Å². The van der Waals surface area contributed by atoms with Crippen LogP contribution in [0.2, 0.25) is 0 Å². The van der Waals surface area contributed by atoms with Crippen LogP contribution >= 0.6 is 136 Å². The summed E-state index contributed by atoms with van der Waals surface area (Å²) in [4.78, 5) is 34.6. The molecule has 0 fully saturated rings. The van der Waals surface area contributed by atoms with Gasteiger partial charge in [-0.15, -0.1) is 136 Å². The highest BCUT2D eigenvalue weighted by Gasteiger charge is 2.24. The molecule has 0 radical (unpaired) electrons. The molecule has 0 aliphatic carbocycles. The summed E-state index contributed by atoms with van der Waals surface area (Å²) < 4.78 is 0. The first-order valence-electron chi connectivity index (χ1n) is 57.2. The quantitative estimate of drug-likeness (QED) is 0.0333. The van der Waals surface area contributed by atoms with E-state index in [9.17, 15) is 0 Å². The highest BCUT2D eigenvalue weighted by atomic mass is 32.1. The van der Waals surface area contributed by atoms with Crippen molar-refractivity contribution in [2.45, 2.75) is 430 Å². The predicted octanol–water partition coefficient (Wildman–Crippen LogP) is 49.8. The molecule has 0 N–H and O–H groups in total. The number of unbranched alkanes of at least 4 members (excludes halogenated alkanes) is 42. The van der Waals surface area contributed by atoms with Gasteiger partial charge in [-0.2, -0.15) is 0 Å². The molecule has 0 saturated carbocycles. The van der Waals surface area contributed by atoms with Crippen molar-refractivity contribution in [3.63, 3.8) is 0 Å². The molecule has 0 unspecified atom stereocenters. The zero-order valence-corrected chi connectivity index (χ0v) is 100. The average molecular weight is 2150 g/mol. The second-order valence-electron chi connectivity index (χ2n) is 41.5. The number of hydrogen-bond acceptors (Lipinski definition) is 12. The largest absolute Gasteiger partial charge is 0.139 e. The van der Waals surface area contributed by atoms with Gasteiger partial charge < -0.3 is 0 Å². The SMILES string of the molecule is CCCCCCCCCCCCc1cc(C)sc1-c1ccc(-c2ccc(-c3sc(-c4ccc(C)cc4)cc3CCCCCCCCCCCC)s2)s1.CCCCCCCCCCc1cc(C)sc1-c1ccc(-c2ccc(-c3sc(-c4ccc(C)cc4)cc3CCCCCCCCCC)s2)s1.CCCCCCCCc1cc(C)sc1-c1ccc(-c2ccc(-c3sc(-c4ccc(C)cc4)cc3CCCCCCCC)s2)s1. The molecule has 0 atom stereocenters. The van der Waals surface area contributed by atoms with E-state index < -0.39 is 0 Å². The lowest BCUT2D eigenvalue weighted by molar-refractivity contribution is 0.556. The number of benzene rings is 3. The van der Waals surface area contributed by atoms with Crippen LogP contribution < -0.4 is 0 Å². The molecule has 15 rings (SSSR count). The van der Waals surface area contributed by atoms with Gasteiger partial charge in [-0.05, 0) is 278 Å². The van der Waals surface area contributed by atoms with Gasteiger partial charge in [0.15, 0.2) is 0 Å². The van der Waals surface area contributed by atoms with Gasteiger partial charge in [-0.1, -0.05) is 401 Å². The Kier molecular flexibility index (Phi) is 51.7. The minimum atomic E-state index is 1.18. The van der Waals surface area contributed by atoms with Crippen LogP contribution in [-0.2, 0) is 38.5 Å². The van der Waals surface area contributed by atoms with Gasteiger partial charge in [-0.3, -0.25) is 0 Å². The van der Waals surface area contributed by atoms with Crippen molar-refractivity contribution >= 4 is 136 Å². The van der Waals surface area contributed by atoms with E-state index in [0.29, 0.717) is 0 Å². The van der Waals surface area contributed by atoms with Crippen LogP contribution in [0, 0.1) is 41.5 Å². The highest BCUT2D eigenvalue weighted by Crippen LogP contribution is 2.52. The number of rotatable bonds is 66. The molecule has 144 heavy (non-hydrogen) atoms. The lowest BCUT2D eigenvalue weighted by atomic mass is 10.0. The maximum atomic E-state index is 2.51.